The lowest BCUT2D eigenvalue weighted by Crippen LogP contribution is -2.27. The summed E-state index contributed by atoms with van der Waals surface area (Å²) < 4.78 is 10.5. The number of carbonyl (C=O) groups excluding carboxylic acids is 4. The minimum atomic E-state index is -0.625. The van der Waals surface area contributed by atoms with Gasteiger partial charge in [-0.05, 0) is 61.2 Å². The molecule has 7 nitrogen and oxygen atoms in total. The van der Waals surface area contributed by atoms with Crippen LogP contribution < -0.4 is 9.64 Å². The molecule has 0 spiro atoms. The minimum absolute atomic E-state index is 0.0463. The van der Waals surface area contributed by atoms with Crippen molar-refractivity contribution in [3.8, 4) is 5.75 Å². The third-order valence-corrected chi connectivity index (χ3v) is 6.41. The molecule has 0 unspecified atom stereocenters. The van der Waals surface area contributed by atoms with Crippen molar-refractivity contribution in [1.82, 2.24) is 0 Å². The third kappa shape index (κ3) is 5.23. The summed E-state index contributed by atoms with van der Waals surface area (Å²) in [6.07, 6.45) is 0.0463. The smallest absolute Gasteiger partial charge is 0.353 e. The maximum atomic E-state index is 12.5. The number of hydrogen-bond acceptors (Lipinski definition) is 7. The standard InChI is InChI=1S/C26H23NO6S/c1-16-5-10-21(17(2)12-16)27-14-19(13-24(27)29)25(30)32-15-22(28)18-6-8-20(9-7-18)33-26(31)23-4-3-11-34-23/h3-12,19H,13-15H2,1-2H3/t19-/m0/s1. The van der Waals surface area contributed by atoms with Gasteiger partial charge >= 0.3 is 11.9 Å². The van der Waals surface area contributed by atoms with Gasteiger partial charge in [0.05, 0.1) is 5.92 Å². The third-order valence-electron chi connectivity index (χ3n) is 5.56. The molecule has 1 aliphatic heterocycles. The molecule has 0 bridgehead atoms. The SMILES string of the molecule is Cc1ccc(N2C[C@@H](C(=O)OCC(=O)c3ccc(OC(=O)c4cccs4)cc3)CC2=O)c(C)c1. The summed E-state index contributed by atoms with van der Waals surface area (Å²) in [7, 11) is 0. The van der Waals surface area contributed by atoms with Crippen molar-refractivity contribution in [1.29, 1.82) is 0 Å². The van der Waals surface area contributed by atoms with E-state index in [0.29, 0.717) is 16.2 Å². The highest BCUT2D eigenvalue weighted by Crippen LogP contribution is 2.29. The predicted octanol–water partition coefficient (Wildman–Crippen LogP) is 4.36. The van der Waals surface area contributed by atoms with Crippen molar-refractivity contribution in [2.75, 3.05) is 18.1 Å². The van der Waals surface area contributed by atoms with E-state index in [0.717, 1.165) is 16.8 Å². The van der Waals surface area contributed by atoms with Gasteiger partial charge in [0.2, 0.25) is 5.91 Å². The number of nitrogens with zero attached hydrogens (tertiary/aromatic N) is 1. The van der Waals surface area contributed by atoms with Gasteiger partial charge in [-0.3, -0.25) is 14.4 Å². The van der Waals surface area contributed by atoms with Crippen LogP contribution in [0.2, 0.25) is 0 Å². The summed E-state index contributed by atoms with van der Waals surface area (Å²) >= 11 is 1.28. The molecule has 3 aromatic rings. The van der Waals surface area contributed by atoms with E-state index in [4.69, 9.17) is 9.47 Å². The van der Waals surface area contributed by atoms with Gasteiger partial charge in [0, 0.05) is 24.2 Å². The Kier molecular flexibility index (Phi) is 6.88. The van der Waals surface area contributed by atoms with Crippen molar-refractivity contribution < 1.29 is 28.7 Å². The first kappa shape index (κ1) is 23.4. The van der Waals surface area contributed by atoms with Gasteiger partial charge in [0.1, 0.15) is 10.6 Å². The van der Waals surface area contributed by atoms with E-state index in [1.807, 2.05) is 32.0 Å². The molecule has 2 aromatic carbocycles. The molecule has 0 saturated carbocycles. The van der Waals surface area contributed by atoms with E-state index in [-0.39, 0.29) is 24.7 Å². The second-order valence-corrected chi connectivity index (χ2v) is 9.07. The zero-order valence-electron chi connectivity index (χ0n) is 18.8. The molecule has 8 heteroatoms. The van der Waals surface area contributed by atoms with Gasteiger partial charge in [-0.15, -0.1) is 11.3 Å². The number of carbonyl (C=O) groups is 4. The fourth-order valence-electron chi connectivity index (χ4n) is 3.81. The molecule has 1 atom stereocenters. The predicted molar refractivity (Wildman–Crippen MR) is 127 cm³/mol. The van der Waals surface area contributed by atoms with Crippen LogP contribution in [-0.2, 0) is 14.3 Å². The van der Waals surface area contributed by atoms with E-state index in [2.05, 4.69) is 0 Å². The highest BCUT2D eigenvalue weighted by Gasteiger charge is 2.36. The first-order valence-corrected chi connectivity index (χ1v) is 11.6. The average Bonchev–Trinajstić information content (AvgIpc) is 3.48. The summed E-state index contributed by atoms with van der Waals surface area (Å²) in [4.78, 5) is 51.5. The monoisotopic (exact) mass is 477 g/mol. The van der Waals surface area contributed by atoms with Crippen LogP contribution in [0.3, 0.4) is 0 Å². The van der Waals surface area contributed by atoms with Gasteiger partial charge < -0.3 is 14.4 Å². The lowest BCUT2D eigenvalue weighted by Gasteiger charge is -2.19. The van der Waals surface area contributed by atoms with Crippen molar-refractivity contribution in [3.05, 3.63) is 81.5 Å². The molecule has 174 valence electrons. The van der Waals surface area contributed by atoms with Crippen LogP contribution in [-0.4, -0.2) is 36.8 Å². The molecule has 4 rings (SSSR count). The first-order chi connectivity index (χ1) is 16.3. The number of Topliss-reactive ketones (excluding diaryl/α,β-unsaturated/α-hetero) is 1. The van der Waals surface area contributed by atoms with Gasteiger partial charge in [-0.1, -0.05) is 23.8 Å². The number of amides is 1. The molecule has 2 heterocycles. The van der Waals surface area contributed by atoms with Gasteiger partial charge in [0.15, 0.2) is 12.4 Å². The van der Waals surface area contributed by atoms with Crippen LogP contribution >= 0.6 is 11.3 Å². The Bertz CT molecular complexity index is 1230. The minimum Gasteiger partial charge on any atom is -0.457 e. The summed E-state index contributed by atoms with van der Waals surface area (Å²) in [5, 5.41) is 1.78. The lowest BCUT2D eigenvalue weighted by molar-refractivity contribution is -0.147. The Morgan fingerprint density at radius 3 is 2.50 bits per heavy atom. The Morgan fingerprint density at radius 2 is 1.82 bits per heavy atom. The van der Waals surface area contributed by atoms with Gasteiger partial charge in [0.25, 0.3) is 0 Å². The fraction of sp³-hybridized carbons (Fsp3) is 0.231. The number of rotatable bonds is 7. The maximum Gasteiger partial charge on any atom is 0.353 e. The highest BCUT2D eigenvalue weighted by atomic mass is 32.1. The molecule has 34 heavy (non-hydrogen) atoms. The van der Waals surface area contributed by atoms with Crippen LogP contribution in [0.1, 0.15) is 37.6 Å². The molecule has 1 saturated heterocycles. The van der Waals surface area contributed by atoms with Crippen molar-refractivity contribution >= 4 is 40.7 Å². The van der Waals surface area contributed by atoms with Gasteiger partial charge in [-0.25, -0.2) is 4.79 Å². The molecule has 0 radical (unpaired) electrons. The van der Waals surface area contributed by atoms with E-state index in [9.17, 15) is 19.2 Å². The topological polar surface area (TPSA) is 90.0 Å². The molecule has 0 aliphatic carbocycles. The molecule has 1 aliphatic rings. The molecular weight excluding hydrogens is 454 g/mol. The lowest BCUT2D eigenvalue weighted by atomic mass is 10.1. The van der Waals surface area contributed by atoms with Crippen LogP contribution in [0.15, 0.2) is 60.0 Å². The number of benzene rings is 2. The molecular formula is C26H23NO6S. The number of thiophene rings is 1. The Balaban J connectivity index is 1.30. The summed E-state index contributed by atoms with van der Waals surface area (Å²) in [6.45, 7) is 3.70. The second kappa shape index (κ2) is 10.0. The number of ketones is 1. The quantitative estimate of drug-likeness (QED) is 0.285. The maximum absolute atomic E-state index is 12.5. The van der Waals surface area contributed by atoms with Crippen molar-refractivity contribution in [3.63, 3.8) is 0 Å². The highest BCUT2D eigenvalue weighted by molar-refractivity contribution is 7.12. The number of aryl methyl sites for hydroxylation is 2. The number of anilines is 1. The summed E-state index contributed by atoms with van der Waals surface area (Å²) in [5.74, 6) is -1.89. The largest absolute Gasteiger partial charge is 0.457 e. The fourth-order valence-corrected chi connectivity index (χ4v) is 4.40. The van der Waals surface area contributed by atoms with Crippen molar-refractivity contribution in [2.45, 2.75) is 20.3 Å². The van der Waals surface area contributed by atoms with Crippen LogP contribution in [0.5, 0.6) is 5.75 Å². The zero-order chi connectivity index (χ0) is 24.2. The van der Waals surface area contributed by atoms with E-state index >= 15 is 0 Å². The summed E-state index contributed by atoms with van der Waals surface area (Å²) in [6, 6.07) is 15.3. The normalized spacial score (nSPS) is 15.3. The Hall–Kier alpha value is -3.78. The first-order valence-electron chi connectivity index (χ1n) is 10.7. The van der Waals surface area contributed by atoms with E-state index in [1.165, 1.54) is 35.6 Å². The van der Waals surface area contributed by atoms with Crippen LogP contribution in [0.25, 0.3) is 0 Å². The Morgan fingerprint density at radius 1 is 1.06 bits per heavy atom. The second-order valence-electron chi connectivity index (χ2n) is 8.12. The molecule has 1 aromatic heterocycles. The number of esters is 2. The molecule has 1 fully saturated rings. The number of hydrogen-bond donors (Lipinski definition) is 0. The van der Waals surface area contributed by atoms with Crippen LogP contribution in [0.4, 0.5) is 5.69 Å². The summed E-state index contributed by atoms with van der Waals surface area (Å²) in [5.41, 5.74) is 3.16. The van der Waals surface area contributed by atoms with Crippen LogP contribution in [0, 0.1) is 19.8 Å². The molecule has 0 N–H and O–H groups in total. The van der Waals surface area contributed by atoms with E-state index in [1.54, 1.807) is 22.4 Å². The molecule has 1 amide bonds. The average molecular weight is 478 g/mol. The van der Waals surface area contributed by atoms with E-state index < -0.39 is 24.5 Å². The zero-order valence-corrected chi connectivity index (χ0v) is 19.6. The number of ether oxygens (including phenoxy) is 2. The Labute approximate surface area is 200 Å². The van der Waals surface area contributed by atoms with Crippen molar-refractivity contribution in [2.24, 2.45) is 5.92 Å². The van der Waals surface area contributed by atoms with Gasteiger partial charge in [-0.2, -0.15) is 0 Å².